The average molecular weight is 416 g/mol. The standard InChI is InChI=1S/C21H22ClN3O2S/c1-11-4-6-15-17(8-11)28-20-19(15)21(27)25(13(3)23-20)10-18(26)24-16-7-5-14(22)9-12(16)2/h5,7,9,11H,4,6,8,10H2,1-3H3,(H,24,26). The second-order valence-corrected chi connectivity index (χ2v) is 9.11. The molecule has 0 spiro atoms. The molecule has 5 nitrogen and oxygen atoms in total. The van der Waals surface area contributed by atoms with E-state index in [0.29, 0.717) is 27.8 Å². The van der Waals surface area contributed by atoms with Crippen LogP contribution in [-0.4, -0.2) is 15.5 Å². The third kappa shape index (κ3) is 3.47. The lowest BCUT2D eigenvalue weighted by Gasteiger charge is -2.17. The molecule has 1 N–H and O–H groups in total. The molecular weight excluding hydrogens is 394 g/mol. The van der Waals surface area contributed by atoms with Crippen LogP contribution in [0.2, 0.25) is 5.02 Å². The molecule has 0 saturated carbocycles. The van der Waals surface area contributed by atoms with E-state index in [0.717, 1.165) is 35.2 Å². The Labute approximate surface area is 172 Å². The fourth-order valence-corrected chi connectivity index (χ4v) is 5.46. The van der Waals surface area contributed by atoms with Crippen molar-refractivity contribution in [2.75, 3.05) is 5.32 Å². The molecule has 146 valence electrons. The Kier molecular flexibility index (Phi) is 5.02. The van der Waals surface area contributed by atoms with Crippen LogP contribution in [0.5, 0.6) is 0 Å². The Morgan fingerprint density at radius 2 is 2.18 bits per heavy atom. The molecule has 1 amide bonds. The predicted octanol–water partition coefficient (Wildman–Crippen LogP) is 4.49. The maximum atomic E-state index is 13.2. The van der Waals surface area contributed by atoms with Gasteiger partial charge < -0.3 is 5.32 Å². The Morgan fingerprint density at radius 1 is 1.39 bits per heavy atom. The number of halogens is 1. The van der Waals surface area contributed by atoms with Gasteiger partial charge in [0.15, 0.2) is 0 Å². The number of nitrogens with one attached hydrogen (secondary N) is 1. The summed E-state index contributed by atoms with van der Waals surface area (Å²) in [5.41, 5.74) is 2.59. The van der Waals surface area contributed by atoms with E-state index in [1.807, 2.05) is 6.92 Å². The number of nitrogens with zero attached hydrogens (tertiary/aromatic N) is 2. The highest BCUT2D eigenvalue weighted by molar-refractivity contribution is 7.18. The SMILES string of the molecule is Cc1cc(Cl)ccc1NC(=O)Cn1c(C)nc2sc3c(c2c1=O)CCC(C)C3. The largest absolute Gasteiger partial charge is 0.324 e. The van der Waals surface area contributed by atoms with Crippen LogP contribution in [-0.2, 0) is 24.2 Å². The molecule has 1 atom stereocenters. The molecule has 0 bridgehead atoms. The summed E-state index contributed by atoms with van der Waals surface area (Å²) < 4.78 is 1.48. The fourth-order valence-electron chi connectivity index (χ4n) is 3.81. The molecule has 0 aliphatic heterocycles. The van der Waals surface area contributed by atoms with E-state index in [9.17, 15) is 9.59 Å². The smallest absolute Gasteiger partial charge is 0.263 e. The first kappa shape index (κ1) is 19.2. The zero-order chi connectivity index (χ0) is 20.0. The van der Waals surface area contributed by atoms with E-state index in [4.69, 9.17) is 11.6 Å². The number of rotatable bonds is 3. The molecule has 7 heteroatoms. The molecule has 1 aliphatic carbocycles. The lowest BCUT2D eigenvalue weighted by atomic mass is 9.89. The van der Waals surface area contributed by atoms with Gasteiger partial charge in [0.2, 0.25) is 5.91 Å². The van der Waals surface area contributed by atoms with E-state index in [1.54, 1.807) is 36.5 Å². The molecule has 0 fully saturated rings. The maximum absolute atomic E-state index is 13.2. The monoisotopic (exact) mass is 415 g/mol. The van der Waals surface area contributed by atoms with Crippen molar-refractivity contribution >= 4 is 44.7 Å². The van der Waals surface area contributed by atoms with Crippen molar-refractivity contribution in [2.24, 2.45) is 5.92 Å². The number of aromatic nitrogens is 2. The van der Waals surface area contributed by atoms with E-state index >= 15 is 0 Å². The topological polar surface area (TPSA) is 64.0 Å². The van der Waals surface area contributed by atoms with Gasteiger partial charge in [-0.1, -0.05) is 18.5 Å². The van der Waals surface area contributed by atoms with Gasteiger partial charge in [-0.05, 0) is 68.4 Å². The Bertz CT molecular complexity index is 1150. The van der Waals surface area contributed by atoms with Crippen molar-refractivity contribution < 1.29 is 4.79 Å². The van der Waals surface area contributed by atoms with Gasteiger partial charge in [0.05, 0.1) is 5.39 Å². The van der Waals surface area contributed by atoms with Crippen molar-refractivity contribution in [3.05, 3.63) is 55.4 Å². The van der Waals surface area contributed by atoms with Gasteiger partial charge in [-0.3, -0.25) is 14.2 Å². The van der Waals surface area contributed by atoms with Gasteiger partial charge in [0.25, 0.3) is 5.56 Å². The minimum Gasteiger partial charge on any atom is -0.324 e. The van der Waals surface area contributed by atoms with Gasteiger partial charge in [0.1, 0.15) is 17.2 Å². The van der Waals surface area contributed by atoms with Crippen LogP contribution in [0.4, 0.5) is 5.69 Å². The summed E-state index contributed by atoms with van der Waals surface area (Å²) in [4.78, 5) is 32.5. The number of carbonyl (C=O) groups excluding carboxylic acids is 1. The molecule has 1 aromatic carbocycles. The summed E-state index contributed by atoms with van der Waals surface area (Å²) in [5.74, 6) is 0.943. The predicted molar refractivity (Wildman–Crippen MR) is 115 cm³/mol. The summed E-state index contributed by atoms with van der Waals surface area (Å²) in [6, 6.07) is 5.29. The number of thiophene rings is 1. The van der Waals surface area contributed by atoms with Crippen LogP contribution in [0.1, 0.15) is 35.2 Å². The molecule has 0 saturated heterocycles. The Morgan fingerprint density at radius 3 is 2.93 bits per heavy atom. The number of anilines is 1. The zero-order valence-corrected chi connectivity index (χ0v) is 17.7. The summed E-state index contributed by atoms with van der Waals surface area (Å²) in [5, 5.41) is 4.19. The van der Waals surface area contributed by atoms with E-state index < -0.39 is 0 Å². The van der Waals surface area contributed by atoms with Gasteiger partial charge in [0, 0.05) is 15.6 Å². The molecular formula is C21H22ClN3O2S. The number of hydrogen-bond acceptors (Lipinski definition) is 4. The molecule has 3 aromatic rings. The summed E-state index contributed by atoms with van der Waals surface area (Å²) in [6.45, 7) is 5.85. The van der Waals surface area contributed by atoms with Crippen LogP contribution in [0.3, 0.4) is 0 Å². The van der Waals surface area contributed by atoms with Crippen LogP contribution >= 0.6 is 22.9 Å². The van der Waals surface area contributed by atoms with Gasteiger partial charge in [-0.15, -0.1) is 11.3 Å². The first-order valence-electron chi connectivity index (χ1n) is 9.41. The van der Waals surface area contributed by atoms with Crippen molar-refractivity contribution in [1.82, 2.24) is 9.55 Å². The molecule has 2 heterocycles. The van der Waals surface area contributed by atoms with E-state index in [1.165, 1.54) is 9.44 Å². The Balaban J connectivity index is 1.67. The highest BCUT2D eigenvalue weighted by Gasteiger charge is 2.24. The third-order valence-electron chi connectivity index (χ3n) is 5.37. The van der Waals surface area contributed by atoms with Crippen LogP contribution < -0.4 is 10.9 Å². The van der Waals surface area contributed by atoms with E-state index in [-0.39, 0.29) is 18.0 Å². The van der Waals surface area contributed by atoms with Gasteiger partial charge in [-0.25, -0.2) is 4.98 Å². The number of fused-ring (bicyclic) bond motifs is 3. The zero-order valence-electron chi connectivity index (χ0n) is 16.1. The summed E-state index contributed by atoms with van der Waals surface area (Å²) in [6.07, 6.45) is 3.00. The lowest BCUT2D eigenvalue weighted by Crippen LogP contribution is -2.30. The number of aryl methyl sites for hydroxylation is 3. The maximum Gasteiger partial charge on any atom is 0.263 e. The normalized spacial score (nSPS) is 16.2. The first-order chi connectivity index (χ1) is 13.3. The first-order valence-corrected chi connectivity index (χ1v) is 10.6. The van der Waals surface area contributed by atoms with Crippen LogP contribution in [0.25, 0.3) is 10.2 Å². The van der Waals surface area contributed by atoms with E-state index in [2.05, 4.69) is 17.2 Å². The van der Waals surface area contributed by atoms with Crippen molar-refractivity contribution in [3.8, 4) is 0 Å². The second kappa shape index (κ2) is 7.33. The molecule has 2 aromatic heterocycles. The van der Waals surface area contributed by atoms with Gasteiger partial charge >= 0.3 is 0 Å². The number of benzene rings is 1. The second-order valence-electron chi connectivity index (χ2n) is 7.59. The molecule has 4 rings (SSSR count). The molecule has 1 unspecified atom stereocenters. The lowest BCUT2D eigenvalue weighted by molar-refractivity contribution is -0.116. The third-order valence-corrected chi connectivity index (χ3v) is 6.75. The highest BCUT2D eigenvalue weighted by atomic mass is 35.5. The molecule has 1 aliphatic rings. The average Bonchev–Trinajstić information content (AvgIpc) is 2.98. The Hall–Kier alpha value is -2.18. The number of amides is 1. The highest BCUT2D eigenvalue weighted by Crippen LogP contribution is 2.35. The summed E-state index contributed by atoms with van der Waals surface area (Å²) in [7, 11) is 0. The molecule has 28 heavy (non-hydrogen) atoms. The van der Waals surface area contributed by atoms with Crippen LogP contribution in [0.15, 0.2) is 23.0 Å². The van der Waals surface area contributed by atoms with Crippen molar-refractivity contribution in [1.29, 1.82) is 0 Å². The molecule has 0 radical (unpaired) electrons. The van der Waals surface area contributed by atoms with Gasteiger partial charge in [-0.2, -0.15) is 0 Å². The minimum atomic E-state index is -0.255. The van der Waals surface area contributed by atoms with Crippen molar-refractivity contribution in [2.45, 2.75) is 46.6 Å². The number of carbonyl (C=O) groups is 1. The minimum absolute atomic E-state index is 0.0588. The fraction of sp³-hybridized carbons (Fsp3) is 0.381. The number of hydrogen-bond donors (Lipinski definition) is 1. The van der Waals surface area contributed by atoms with Crippen LogP contribution in [0, 0.1) is 19.8 Å². The van der Waals surface area contributed by atoms with Crippen molar-refractivity contribution in [3.63, 3.8) is 0 Å². The quantitative estimate of drug-likeness (QED) is 0.685. The summed E-state index contributed by atoms with van der Waals surface area (Å²) >= 11 is 7.60.